The van der Waals surface area contributed by atoms with E-state index in [0.717, 1.165) is 21.8 Å². The van der Waals surface area contributed by atoms with Crippen LogP contribution in [0.4, 0.5) is 10.1 Å². The third kappa shape index (κ3) is 2.90. The molecule has 2 aromatic rings. The van der Waals surface area contributed by atoms with Crippen LogP contribution < -0.4 is 4.90 Å². The van der Waals surface area contributed by atoms with Crippen LogP contribution in [0.5, 0.6) is 0 Å². The van der Waals surface area contributed by atoms with Crippen molar-refractivity contribution in [2.45, 2.75) is 23.4 Å². The molecule has 0 unspecified atom stereocenters. The van der Waals surface area contributed by atoms with Gasteiger partial charge in [0.2, 0.25) is 10.0 Å². The fraction of sp³-hybridized carbons (Fsp3) is 0.368. The van der Waals surface area contributed by atoms with Crippen LogP contribution in [0.3, 0.4) is 0 Å². The Balaban J connectivity index is 1.87. The number of rotatable bonds is 3. The van der Waals surface area contributed by atoms with Gasteiger partial charge in [0.05, 0.1) is 18.7 Å². The number of nitrogens with zero attached hydrogens (tertiary/aromatic N) is 2. The molecule has 0 radical (unpaired) electrons. The molecule has 0 aliphatic carbocycles. The second-order valence-electron chi connectivity index (χ2n) is 7.01. The van der Waals surface area contributed by atoms with Gasteiger partial charge in [-0.3, -0.25) is 0 Å². The summed E-state index contributed by atoms with van der Waals surface area (Å²) in [5.41, 5.74) is 1.76. The first-order valence-electron chi connectivity index (χ1n) is 8.75. The number of likely N-dealkylation sites (N-methyl/N-ethyl adjacent to an activating group) is 1. The smallest absolute Gasteiger partial charge is 0.246 e. The molecule has 5 nitrogen and oxygen atoms in total. The van der Waals surface area contributed by atoms with Gasteiger partial charge in [0.1, 0.15) is 10.7 Å². The van der Waals surface area contributed by atoms with Gasteiger partial charge in [-0.15, -0.1) is 0 Å². The van der Waals surface area contributed by atoms with Crippen LogP contribution in [0, 0.1) is 11.7 Å². The van der Waals surface area contributed by atoms with Crippen LogP contribution in [0.25, 0.3) is 0 Å². The van der Waals surface area contributed by atoms with E-state index in [1.165, 1.54) is 22.5 Å². The van der Waals surface area contributed by atoms with Gasteiger partial charge in [-0.2, -0.15) is 4.31 Å². The Hall–Kier alpha value is -1.48. The van der Waals surface area contributed by atoms with Gasteiger partial charge in [-0.25, -0.2) is 12.8 Å². The van der Waals surface area contributed by atoms with Gasteiger partial charge in [-0.05, 0) is 42.3 Å². The van der Waals surface area contributed by atoms with Crippen molar-refractivity contribution in [3.05, 3.63) is 58.3 Å². The van der Waals surface area contributed by atoms with Crippen molar-refractivity contribution in [1.29, 1.82) is 0 Å². The summed E-state index contributed by atoms with van der Waals surface area (Å²) in [6.07, 6.45) is 0.611. The molecule has 2 aromatic carbocycles. The Bertz CT molecular complexity index is 985. The first-order valence-corrected chi connectivity index (χ1v) is 11.0. The molecule has 0 amide bonds. The van der Waals surface area contributed by atoms with E-state index >= 15 is 0 Å². The molecule has 0 aromatic heterocycles. The number of fused-ring (bicyclic) bond motifs is 3. The van der Waals surface area contributed by atoms with Crippen molar-refractivity contribution in [1.82, 2.24) is 4.31 Å². The monoisotopic (exact) mass is 454 g/mol. The van der Waals surface area contributed by atoms with E-state index < -0.39 is 21.9 Å². The molecule has 144 valence electrons. The summed E-state index contributed by atoms with van der Waals surface area (Å²) in [6, 6.07) is 10.6. The second kappa shape index (κ2) is 6.84. The lowest BCUT2D eigenvalue weighted by molar-refractivity contribution is 0.193. The highest BCUT2D eigenvalue weighted by molar-refractivity contribution is 9.10. The Morgan fingerprint density at radius 1 is 1.26 bits per heavy atom. The average molecular weight is 455 g/mol. The van der Waals surface area contributed by atoms with E-state index in [1.807, 2.05) is 30.1 Å². The van der Waals surface area contributed by atoms with Crippen molar-refractivity contribution < 1.29 is 17.9 Å². The van der Waals surface area contributed by atoms with Gasteiger partial charge in [0.25, 0.3) is 0 Å². The highest BCUT2D eigenvalue weighted by atomic mass is 79.9. The van der Waals surface area contributed by atoms with E-state index in [0.29, 0.717) is 13.0 Å². The van der Waals surface area contributed by atoms with E-state index in [-0.39, 0.29) is 23.5 Å². The second-order valence-corrected chi connectivity index (χ2v) is 9.78. The molecule has 0 bridgehead atoms. The summed E-state index contributed by atoms with van der Waals surface area (Å²) in [5.74, 6) is -0.814. The average Bonchev–Trinajstić information content (AvgIpc) is 3.08. The highest BCUT2D eigenvalue weighted by Crippen LogP contribution is 2.50. The first-order chi connectivity index (χ1) is 12.9. The predicted octanol–water partition coefficient (Wildman–Crippen LogP) is 3.15. The Morgan fingerprint density at radius 2 is 2.00 bits per heavy atom. The van der Waals surface area contributed by atoms with Crippen molar-refractivity contribution in [3.63, 3.8) is 0 Å². The molecular formula is C19H20BrFN2O3S. The van der Waals surface area contributed by atoms with Crippen molar-refractivity contribution >= 4 is 31.6 Å². The van der Waals surface area contributed by atoms with Gasteiger partial charge in [0.15, 0.2) is 0 Å². The summed E-state index contributed by atoms with van der Waals surface area (Å²) in [5, 5.41) is 9.96. The number of hydrogen-bond donors (Lipinski definition) is 1. The van der Waals surface area contributed by atoms with Crippen molar-refractivity contribution in [2.75, 3.05) is 25.1 Å². The van der Waals surface area contributed by atoms with E-state index in [2.05, 4.69) is 15.9 Å². The van der Waals surface area contributed by atoms with Crippen molar-refractivity contribution in [3.8, 4) is 0 Å². The molecule has 1 N–H and O–H groups in total. The molecule has 1 fully saturated rings. The topological polar surface area (TPSA) is 60.9 Å². The molecule has 0 saturated carbocycles. The molecule has 27 heavy (non-hydrogen) atoms. The minimum atomic E-state index is -4.00. The minimum absolute atomic E-state index is 0.0663. The number of benzene rings is 2. The van der Waals surface area contributed by atoms with Crippen LogP contribution in [0.15, 0.2) is 51.8 Å². The minimum Gasteiger partial charge on any atom is -0.394 e. The van der Waals surface area contributed by atoms with Crippen LogP contribution in [-0.2, 0) is 10.0 Å². The standard InChI is InChI=1S/C19H20BrFN2O3S/c1-22-16-7-6-12(20)10-14(16)19-13(17(22)11-24)8-9-23(19)27(25,26)18-5-3-2-4-15(18)21/h2-7,10,13,17,19,24H,8-9,11H2,1H3/t13-,17+,19-/m1/s1. The van der Waals surface area contributed by atoms with Crippen LogP contribution in [0.2, 0.25) is 0 Å². The molecule has 2 aliphatic rings. The largest absolute Gasteiger partial charge is 0.394 e. The normalized spacial score (nSPS) is 25.3. The zero-order chi connectivity index (χ0) is 19.3. The predicted molar refractivity (Wildman–Crippen MR) is 105 cm³/mol. The molecular weight excluding hydrogens is 435 g/mol. The zero-order valence-electron chi connectivity index (χ0n) is 14.7. The van der Waals surface area contributed by atoms with Crippen LogP contribution in [-0.4, -0.2) is 44.1 Å². The maximum absolute atomic E-state index is 14.3. The lowest BCUT2D eigenvalue weighted by atomic mass is 9.82. The van der Waals surface area contributed by atoms with Gasteiger partial charge in [0, 0.05) is 29.7 Å². The molecule has 1 saturated heterocycles. The summed E-state index contributed by atoms with van der Waals surface area (Å²) in [6.45, 7) is 0.225. The molecule has 4 rings (SSSR count). The SMILES string of the molecule is CN1c2ccc(Br)cc2[C@H]2[C@H](CCN2S(=O)(=O)c2ccccc2F)[C@@H]1CO. The summed E-state index contributed by atoms with van der Waals surface area (Å²) < 4.78 is 43.1. The number of anilines is 1. The van der Waals surface area contributed by atoms with E-state index in [1.54, 1.807) is 0 Å². The maximum Gasteiger partial charge on any atom is 0.246 e. The molecule has 3 atom stereocenters. The Morgan fingerprint density at radius 3 is 2.70 bits per heavy atom. The quantitative estimate of drug-likeness (QED) is 0.773. The highest BCUT2D eigenvalue weighted by Gasteiger charge is 2.50. The van der Waals surface area contributed by atoms with E-state index in [4.69, 9.17) is 0 Å². The zero-order valence-corrected chi connectivity index (χ0v) is 17.1. The summed E-state index contributed by atoms with van der Waals surface area (Å²) in [4.78, 5) is 1.71. The van der Waals surface area contributed by atoms with E-state index in [9.17, 15) is 17.9 Å². The van der Waals surface area contributed by atoms with Gasteiger partial charge in [-0.1, -0.05) is 28.1 Å². The third-order valence-corrected chi connectivity index (χ3v) is 8.10. The number of aliphatic hydroxyl groups is 1. The number of sulfonamides is 1. The lowest BCUT2D eigenvalue weighted by Crippen LogP contribution is -2.48. The summed E-state index contributed by atoms with van der Waals surface area (Å²) >= 11 is 3.47. The Kier molecular flexibility index (Phi) is 4.78. The molecule has 0 spiro atoms. The molecule has 8 heteroatoms. The van der Waals surface area contributed by atoms with Crippen molar-refractivity contribution in [2.24, 2.45) is 5.92 Å². The third-order valence-electron chi connectivity index (χ3n) is 5.69. The van der Waals surface area contributed by atoms with Gasteiger partial charge >= 0.3 is 0 Å². The fourth-order valence-corrected chi connectivity index (χ4v) is 6.54. The number of aliphatic hydroxyl groups excluding tert-OH is 1. The number of hydrogen-bond acceptors (Lipinski definition) is 4. The maximum atomic E-state index is 14.3. The summed E-state index contributed by atoms with van der Waals surface area (Å²) in [7, 11) is -2.09. The Labute approximate surface area is 166 Å². The number of halogens is 2. The van der Waals surface area contributed by atoms with Crippen LogP contribution >= 0.6 is 15.9 Å². The first kappa shape index (κ1) is 18.9. The molecule has 2 heterocycles. The van der Waals surface area contributed by atoms with Gasteiger partial charge < -0.3 is 10.0 Å². The fourth-order valence-electron chi connectivity index (χ4n) is 4.43. The van der Waals surface area contributed by atoms with Crippen LogP contribution in [0.1, 0.15) is 18.0 Å². The lowest BCUT2D eigenvalue weighted by Gasteiger charge is -2.44. The molecule has 2 aliphatic heterocycles.